The SMILES string of the molecule is COC(=O)N1[C@H](C)CC[C@@H]1c1ccc(OCc2ccccc2F)c(OC)c1. The zero-order valence-corrected chi connectivity index (χ0v) is 15.8. The molecule has 1 heterocycles. The second kappa shape index (κ2) is 8.29. The van der Waals surface area contributed by atoms with Crippen LogP contribution in [0.5, 0.6) is 11.5 Å². The molecule has 0 spiro atoms. The van der Waals surface area contributed by atoms with Gasteiger partial charge in [-0.05, 0) is 43.5 Å². The van der Waals surface area contributed by atoms with Crippen LogP contribution < -0.4 is 9.47 Å². The van der Waals surface area contributed by atoms with E-state index < -0.39 is 0 Å². The highest BCUT2D eigenvalue weighted by Crippen LogP contribution is 2.39. The van der Waals surface area contributed by atoms with Gasteiger partial charge >= 0.3 is 6.09 Å². The molecule has 2 aromatic rings. The van der Waals surface area contributed by atoms with Crippen molar-refractivity contribution in [1.29, 1.82) is 0 Å². The van der Waals surface area contributed by atoms with Gasteiger partial charge in [0.1, 0.15) is 12.4 Å². The Morgan fingerprint density at radius 2 is 1.93 bits per heavy atom. The lowest BCUT2D eigenvalue weighted by Crippen LogP contribution is -2.35. The number of ether oxygens (including phenoxy) is 3. The van der Waals surface area contributed by atoms with Crippen LogP contribution in [0.3, 0.4) is 0 Å². The Labute approximate surface area is 158 Å². The first kappa shape index (κ1) is 19.0. The average Bonchev–Trinajstić information content (AvgIpc) is 3.08. The Morgan fingerprint density at radius 1 is 1.15 bits per heavy atom. The minimum atomic E-state index is -0.330. The van der Waals surface area contributed by atoms with Crippen LogP contribution >= 0.6 is 0 Å². The number of likely N-dealkylation sites (tertiary alicyclic amines) is 1. The molecule has 5 nitrogen and oxygen atoms in total. The number of halogens is 1. The standard InChI is InChI=1S/C21H24FNO4/c1-14-8-10-18(23(14)21(24)26-3)15-9-11-19(20(12-15)25-2)27-13-16-6-4-5-7-17(16)22/h4-7,9,11-12,14,18H,8,10,13H2,1-3H3/t14-,18-/m1/s1. The van der Waals surface area contributed by atoms with E-state index in [1.807, 2.05) is 19.1 Å². The van der Waals surface area contributed by atoms with E-state index in [0.717, 1.165) is 18.4 Å². The van der Waals surface area contributed by atoms with Crippen LogP contribution in [0, 0.1) is 5.82 Å². The average molecular weight is 373 g/mol. The van der Waals surface area contributed by atoms with Gasteiger partial charge in [-0.25, -0.2) is 9.18 Å². The topological polar surface area (TPSA) is 48.0 Å². The van der Waals surface area contributed by atoms with E-state index in [9.17, 15) is 9.18 Å². The predicted octanol–water partition coefficient (Wildman–Crippen LogP) is 4.71. The highest BCUT2D eigenvalue weighted by Gasteiger charge is 2.36. The van der Waals surface area contributed by atoms with Crippen molar-refractivity contribution >= 4 is 6.09 Å². The molecule has 2 atom stereocenters. The minimum Gasteiger partial charge on any atom is -0.493 e. The van der Waals surface area contributed by atoms with Gasteiger partial charge in [-0.3, -0.25) is 4.90 Å². The summed E-state index contributed by atoms with van der Waals surface area (Å²) in [6, 6.07) is 12.1. The zero-order valence-electron chi connectivity index (χ0n) is 15.8. The fourth-order valence-electron chi connectivity index (χ4n) is 3.51. The molecule has 1 amide bonds. The number of hydrogen-bond acceptors (Lipinski definition) is 4. The fraction of sp³-hybridized carbons (Fsp3) is 0.381. The van der Waals surface area contributed by atoms with Crippen molar-refractivity contribution in [2.45, 2.75) is 38.5 Å². The Bertz CT molecular complexity index is 811. The zero-order chi connectivity index (χ0) is 19.4. The van der Waals surface area contributed by atoms with Crippen LogP contribution in [-0.4, -0.2) is 31.3 Å². The van der Waals surface area contributed by atoms with E-state index in [2.05, 4.69) is 0 Å². The maximum atomic E-state index is 13.8. The van der Waals surface area contributed by atoms with Crippen molar-refractivity contribution < 1.29 is 23.4 Å². The molecule has 0 unspecified atom stereocenters. The van der Waals surface area contributed by atoms with Gasteiger partial charge in [-0.15, -0.1) is 0 Å². The van der Waals surface area contributed by atoms with E-state index >= 15 is 0 Å². The number of hydrogen-bond donors (Lipinski definition) is 0. The Morgan fingerprint density at radius 3 is 2.63 bits per heavy atom. The number of nitrogens with zero attached hydrogens (tertiary/aromatic N) is 1. The molecule has 0 aromatic heterocycles. The van der Waals surface area contributed by atoms with Crippen LogP contribution in [0.4, 0.5) is 9.18 Å². The number of rotatable bonds is 5. The summed E-state index contributed by atoms with van der Waals surface area (Å²) in [6.45, 7) is 2.12. The summed E-state index contributed by atoms with van der Waals surface area (Å²) in [5, 5.41) is 0. The lowest BCUT2D eigenvalue weighted by atomic mass is 10.0. The van der Waals surface area contributed by atoms with Crippen molar-refractivity contribution in [2.75, 3.05) is 14.2 Å². The number of carbonyl (C=O) groups excluding carboxylic acids is 1. The van der Waals surface area contributed by atoms with Gasteiger partial charge in [0.25, 0.3) is 0 Å². The van der Waals surface area contributed by atoms with Crippen molar-refractivity contribution in [3.63, 3.8) is 0 Å². The molecule has 0 aliphatic carbocycles. The summed E-state index contributed by atoms with van der Waals surface area (Å²) in [7, 11) is 2.95. The third kappa shape index (κ3) is 3.99. The molecule has 3 rings (SSSR count). The lowest BCUT2D eigenvalue weighted by molar-refractivity contribution is 0.105. The highest BCUT2D eigenvalue weighted by molar-refractivity contribution is 5.69. The van der Waals surface area contributed by atoms with Gasteiger partial charge in [-0.2, -0.15) is 0 Å². The second-order valence-electron chi connectivity index (χ2n) is 6.61. The Kier molecular flexibility index (Phi) is 5.84. The molecular formula is C21H24FNO4. The summed E-state index contributed by atoms with van der Waals surface area (Å²) < 4.78 is 29.9. The summed E-state index contributed by atoms with van der Waals surface area (Å²) in [5.74, 6) is 0.773. The predicted molar refractivity (Wildman–Crippen MR) is 99.4 cm³/mol. The van der Waals surface area contributed by atoms with Crippen LogP contribution in [0.25, 0.3) is 0 Å². The van der Waals surface area contributed by atoms with Crippen molar-refractivity contribution in [1.82, 2.24) is 4.90 Å². The third-order valence-corrected chi connectivity index (χ3v) is 4.97. The molecule has 0 N–H and O–H groups in total. The van der Waals surface area contributed by atoms with E-state index in [1.165, 1.54) is 13.2 Å². The second-order valence-corrected chi connectivity index (χ2v) is 6.61. The van der Waals surface area contributed by atoms with Crippen LogP contribution in [0.1, 0.15) is 36.9 Å². The summed E-state index contributed by atoms with van der Waals surface area (Å²) >= 11 is 0. The van der Waals surface area contributed by atoms with Crippen molar-refractivity contribution in [2.24, 2.45) is 0 Å². The van der Waals surface area contributed by atoms with Crippen molar-refractivity contribution in [3.05, 3.63) is 59.4 Å². The van der Waals surface area contributed by atoms with Crippen LogP contribution in [-0.2, 0) is 11.3 Å². The first-order valence-corrected chi connectivity index (χ1v) is 8.95. The van der Waals surface area contributed by atoms with Crippen LogP contribution in [0.2, 0.25) is 0 Å². The largest absolute Gasteiger partial charge is 0.493 e. The fourth-order valence-corrected chi connectivity index (χ4v) is 3.51. The number of amides is 1. The minimum absolute atomic E-state index is 0.0676. The summed E-state index contributed by atoms with van der Waals surface area (Å²) in [6.07, 6.45) is 1.44. The molecule has 27 heavy (non-hydrogen) atoms. The van der Waals surface area contributed by atoms with E-state index in [0.29, 0.717) is 17.1 Å². The number of methoxy groups -OCH3 is 2. The van der Waals surface area contributed by atoms with E-state index in [1.54, 1.807) is 36.3 Å². The first-order chi connectivity index (χ1) is 13.0. The van der Waals surface area contributed by atoms with E-state index in [4.69, 9.17) is 14.2 Å². The van der Waals surface area contributed by atoms with Gasteiger partial charge in [0.2, 0.25) is 0 Å². The molecule has 144 valence electrons. The molecule has 0 radical (unpaired) electrons. The summed E-state index contributed by atoms with van der Waals surface area (Å²) in [5.41, 5.74) is 1.44. The molecule has 1 aliphatic heterocycles. The molecule has 1 saturated heterocycles. The number of benzene rings is 2. The van der Waals surface area contributed by atoms with E-state index in [-0.39, 0.29) is 30.6 Å². The maximum absolute atomic E-state index is 13.8. The van der Waals surface area contributed by atoms with Crippen molar-refractivity contribution in [3.8, 4) is 11.5 Å². The Hall–Kier alpha value is -2.76. The maximum Gasteiger partial charge on any atom is 0.410 e. The lowest BCUT2D eigenvalue weighted by Gasteiger charge is -2.27. The smallest absolute Gasteiger partial charge is 0.410 e. The van der Waals surface area contributed by atoms with Gasteiger partial charge in [0.15, 0.2) is 11.5 Å². The van der Waals surface area contributed by atoms with Gasteiger partial charge in [0, 0.05) is 11.6 Å². The van der Waals surface area contributed by atoms with Crippen LogP contribution in [0.15, 0.2) is 42.5 Å². The Balaban J connectivity index is 1.80. The molecule has 0 bridgehead atoms. The molecular weight excluding hydrogens is 349 g/mol. The normalized spacial score (nSPS) is 19.0. The molecule has 2 aromatic carbocycles. The number of carbonyl (C=O) groups is 1. The highest BCUT2D eigenvalue weighted by atomic mass is 19.1. The van der Waals surface area contributed by atoms with Gasteiger partial charge in [-0.1, -0.05) is 24.3 Å². The monoisotopic (exact) mass is 373 g/mol. The first-order valence-electron chi connectivity index (χ1n) is 8.95. The van der Waals surface area contributed by atoms with Gasteiger partial charge in [0.05, 0.1) is 20.3 Å². The quantitative estimate of drug-likeness (QED) is 0.762. The van der Waals surface area contributed by atoms with Gasteiger partial charge < -0.3 is 14.2 Å². The molecule has 1 aliphatic rings. The molecule has 1 fully saturated rings. The molecule has 6 heteroatoms. The summed E-state index contributed by atoms with van der Waals surface area (Å²) in [4.78, 5) is 13.9. The molecule has 0 saturated carbocycles. The third-order valence-electron chi connectivity index (χ3n) is 4.97.